The molecule has 0 radical (unpaired) electrons. The molecule has 0 aliphatic carbocycles. The number of rotatable bonds is 38. The normalized spacial score (nSPS) is 14.4. The molecule has 0 spiro atoms. The van der Waals surface area contributed by atoms with Crippen LogP contribution in [0.3, 0.4) is 0 Å². The van der Waals surface area contributed by atoms with E-state index in [0.717, 1.165) is 57.8 Å². The first-order valence-electron chi connectivity index (χ1n) is 21.4. The van der Waals surface area contributed by atoms with Crippen LogP contribution in [0, 0.1) is 0 Å². The highest BCUT2D eigenvalue weighted by Gasteiger charge is 2.25. The van der Waals surface area contributed by atoms with Crippen LogP contribution in [0.2, 0.25) is 0 Å². The molecular weight excluding hydrogens is 737 g/mol. The van der Waals surface area contributed by atoms with Crippen molar-refractivity contribution in [2.24, 2.45) is 5.73 Å². The molecular formula is C47H76NO8P. The highest BCUT2D eigenvalue weighted by atomic mass is 31.2. The average molecular weight is 814 g/mol. The van der Waals surface area contributed by atoms with Crippen molar-refractivity contribution in [2.75, 3.05) is 26.4 Å². The molecule has 0 heterocycles. The molecule has 3 N–H and O–H groups in total. The van der Waals surface area contributed by atoms with Crippen LogP contribution in [0.4, 0.5) is 0 Å². The van der Waals surface area contributed by atoms with Crippen LogP contribution in [-0.4, -0.2) is 49.3 Å². The summed E-state index contributed by atoms with van der Waals surface area (Å²) >= 11 is 0. The molecule has 0 aromatic carbocycles. The van der Waals surface area contributed by atoms with Crippen molar-refractivity contribution in [3.8, 4) is 0 Å². The molecule has 0 aliphatic rings. The SMILES string of the molecule is CC/C=C/C=C/C=C/C=C/C=C/CCCC(=O)OC(COC(=O)CCCCCCCCCCCC/C=C/C/C=C/C/C=C/C/C=C/CC)COP(=O)(O)OCCN. The lowest BCUT2D eigenvalue weighted by molar-refractivity contribution is -0.161. The van der Waals surface area contributed by atoms with E-state index in [2.05, 4.69) is 68.5 Å². The van der Waals surface area contributed by atoms with Crippen molar-refractivity contribution in [1.82, 2.24) is 0 Å². The number of allylic oxidation sites excluding steroid dienone is 18. The second-order valence-electron chi connectivity index (χ2n) is 13.6. The molecule has 9 nitrogen and oxygen atoms in total. The van der Waals surface area contributed by atoms with Gasteiger partial charge in [0.25, 0.3) is 0 Å². The Labute approximate surface area is 346 Å². The summed E-state index contributed by atoms with van der Waals surface area (Å²) in [5.74, 6) is -0.932. The second-order valence-corrected chi connectivity index (χ2v) is 15.0. The fraction of sp³-hybridized carbons (Fsp3) is 0.574. The van der Waals surface area contributed by atoms with Crippen LogP contribution < -0.4 is 5.73 Å². The summed E-state index contributed by atoms with van der Waals surface area (Å²) in [6, 6.07) is 0. The number of phosphoric acid groups is 1. The van der Waals surface area contributed by atoms with Crippen LogP contribution in [0.15, 0.2) is 109 Å². The Morgan fingerprint density at radius 1 is 0.544 bits per heavy atom. The van der Waals surface area contributed by atoms with Gasteiger partial charge in [-0.3, -0.25) is 18.6 Å². The highest BCUT2D eigenvalue weighted by Crippen LogP contribution is 2.43. The van der Waals surface area contributed by atoms with E-state index < -0.39 is 32.5 Å². The third-order valence-corrected chi connectivity index (χ3v) is 9.27. The maximum atomic E-state index is 12.5. The van der Waals surface area contributed by atoms with Crippen LogP contribution in [-0.2, 0) is 32.7 Å². The van der Waals surface area contributed by atoms with Crippen LogP contribution in [0.5, 0.6) is 0 Å². The Balaban J connectivity index is 4.19. The number of nitrogens with two attached hydrogens (primary N) is 1. The van der Waals surface area contributed by atoms with Gasteiger partial charge in [-0.1, -0.05) is 175 Å². The largest absolute Gasteiger partial charge is 0.472 e. The van der Waals surface area contributed by atoms with Crippen molar-refractivity contribution in [2.45, 2.75) is 148 Å². The fourth-order valence-corrected chi connectivity index (χ4v) is 5.95. The van der Waals surface area contributed by atoms with Gasteiger partial charge in [0.15, 0.2) is 6.10 Å². The molecule has 0 fully saturated rings. The number of hydrogen-bond donors (Lipinski definition) is 2. The molecule has 2 unspecified atom stereocenters. The van der Waals surface area contributed by atoms with Gasteiger partial charge >= 0.3 is 19.8 Å². The predicted octanol–water partition coefficient (Wildman–Crippen LogP) is 12.4. The molecule has 0 amide bonds. The first-order chi connectivity index (χ1) is 27.8. The summed E-state index contributed by atoms with van der Waals surface area (Å²) in [6.07, 6.45) is 55.7. The average Bonchev–Trinajstić information content (AvgIpc) is 3.20. The zero-order chi connectivity index (χ0) is 41.8. The van der Waals surface area contributed by atoms with E-state index >= 15 is 0 Å². The molecule has 57 heavy (non-hydrogen) atoms. The highest BCUT2D eigenvalue weighted by molar-refractivity contribution is 7.47. The van der Waals surface area contributed by atoms with Gasteiger partial charge in [0.1, 0.15) is 6.61 Å². The quantitative estimate of drug-likeness (QED) is 0.0205. The van der Waals surface area contributed by atoms with Crippen molar-refractivity contribution >= 4 is 19.8 Å². The molecule has 0 aromatic rings. The minimum atomic E-state index is -4.40. The molecule has 0 saturated heterocycles. The van der Waals surface area contributed by atoms with Gasteiger partial charge < -0.3 is 20.1 Å². The number of ether oxygens (including phenoxy) is 2. The van der Waals surface area contributed by atoms with E-state index in [9.17, 15) is 19.0 Å². The number of hydrogen-bond acceptors (Lipinski definition) is 8. The Hall–Kier alpha value is -3.33. The Kier molecular flexibility index (Phi) is 39.8. The van der Waals surface area contributed by atoms with Crippen molar-refractivity contribution in [3.63, 3.8) is 0 Å². The van der Waals surface area contributed by atoms with E-state index in [1.807, 2.05) is 54.7 Å². The zero-order valence-corrected chi connectivity index (χ0v) is 36.2. The van der Waals surface area contributed by atoms with E-state index in [1.165, 1.54) is 38.5 Å². The standard InChI is InChI=1S/C47H76NO8P/c1-3-5-7-9-11-13-15-17-18-19-20-21-22-23-24-25-26-28-29-31-33-35-37-39-46(49)53-43-45(44-55-57(51,52)54-42-41-48)56-47(50)40-38-36-34-32-30-27-16-14-12-10-8-6-4-2/h5-8,10-14,16-18,20-21,27,30,32,34,45H,3-4,9,15,19,22-26,28-29,31,33,35-44,48H2,1-2H3,(H,51,52)/b7-5+,8-6+,12-10+,13-11+,16-14+,18-17+,21-20+,30-27+,34-32+. The van der Waals surface area contributed by atoms with E-state index in [4.69, 9.17) is 24.3 Å². The van der Waals surface area contributed by atoms with Gasteiger partial charge in [-0.25, -0.2) is 4.57 Å². The minimum absolute atomic E-state index is 0.0351. The second kappa shape index (κ2) is 42.3. The van der Waals surface area contributed by atoms with Crippen LogP contribution >= 0.6 is 7.82 Å². The Morgan fingerprint density at radius 3 is 1.60 bits per heavy atom. The number of unbranched alkanes of at least 4 members (excludes halogenated alkanes) is 11. The van der Waals surface area contributed by atoms with Crippen molar-refractivity contribution < 1.29 is 37.6 Å². The molecule has 2 atom stereocenters. The van der Waals surface area contributed by atoms with Gasteiger partial charge in [-0.15, -0.1) is 0 Å². The van der Waals surface area contributed by atoms with E-state index in [1.54, 1.807) is 0 Å². The van der Waals surface area contributed by atoms with E-state index in [-0.39, 0.29) is 32.6 Å². The zero-order valence-electron chi connectivity index (χ0n) is 35.3. The Bertz CT molecular complexity index is 1290. The molecule has 0 rings (SSSR count). The summed E-state index contributed by atoms with van der Waals surface area (Å²) in [5, 5.41) is 0. The van der Waals surface area contributed by atoms with Gasteiger partial charge in [0.05, 0.1) is 13.2 Å². The smallest absolute Gasteiger partial charge is 0.462 e. The first kappa shape index (κ1) is 53.7. The molecule has 0 saturated carbocycles. The monoisotopic (exact) mass is 814 g/mol. The fourth-order valence-electron chi connectivity index (χ4n) is 5.18. The van der Waals surface area contributed by atoms with Crippen LogP contribution in [0.1, 0.15) is 142 Å². The number of carbonyl (C=O) groups excluding carboxylic acids is 2. The van der Waals surface area contributed by atoms with Gasteiger partial charge in [0, 0.05) is 19.4 Å². The topological polar surface area (TPSA) is 134 Å². The summed E-state index contributed by atoms with van der Waals surface area (Å²) in [5.41, 5.74) is 5.34. The third kappa shape index (κ3) is 42.1. The van der Waals surface area contributed by atoms with Gasteiger partial charge in [0.2, 0.25) is 0 Å². The number of esters is 2. The molecule has 10 heteroatoms. The molecule has 0 aromatic heterocycles. The summed E-state index contributed by atoms with van der Waals surface area (Å²) in [6.45, 7) is 3.35. The third-order valence-electron chi connectivity index (χ3n) is 8.28. The number of phosphoric ester groups is 1. The summed E-state index contributed by atoms with van der Waals surface area (Å²) in [4.78, 5) is 34.8. The lowest BCUT2D eigenvalue weighted by Crippen LogP contribution is -2.29. The van der Waals surface area contributed by atoms with Crippen LogP contribution in [0.25, 0.3) is 0 Å². The summed E-state index contributed by atoms with van der Waals surface area (Å²) < 4.78 is 32.6. The predicted molar refractivity (Wildman–Crippen MR) is 238 cm³/mol. The van der Waals surface area contributed by atoms with Crippen molar-refractivity contribution in [1.29, 1.82) is 0 Å². The lowest BCUT2D eigenvalue weighted by Gasteiger charge is -2.19. The number of carbonyl (C=O) groups is 2. The molecule has 0 bridgehead atoms. The van der Waals surface area contributed by atoms with Crippen molar-refractivity contribution in [3.05, 3.63) is 109 Å². The van der Waals surface area contributed by atoms with E-state index in [0.29, 0.717) is 19.3 Å². The molecule has 0 aliphatic heterocycles. The first-order valence-corrected chi connectivity index (χ1v) is 22.9. The Morgan fingerprint density at radius 2 is 1.02 bits per heavy atom. The minimum Gasteiger partial charge on any atom is -0.462 e. The van der Waals surface area contributed by atoms with Gasteiger partial charge in [-0.2, -0.15) is 0 Å². The molecule has 322 valence electrons. The van der Waals surface area contributed by atoms with Gasteiger partial charge in [-0.05, 0) is 64.2 Å². The maximum Gasteiger partial charge on any atom is 0.472 e. The maximum absolute atomic E-state index is 12.5. The summed E-state index contributed by atoms with van der Waals surface area (Å²) in [7, 11) is -4.40. The lowest BCUT2D eigenvalue weighted by atomic mass is 10.1.